The molecule has 0 radical (unpaired) electrons. The minimum atomic E-state index is 0.0458. The second kappa shape index (κ2) is 6.58. The molecule has 3 nitrogen and oxygen atoms in total. The van der Waals surface area contributed by atoms with E-state index in [1.165, 1.54) is 0 Å². The van der Waals surface area contributed by atoms with Gasteiger partial charge in [-0.3, -0.25) is 0 Å². The molecule has 2 N–H and O–H groups in total. The summed E-state index contributed by atoms with van der Waals surface area (Å²) in [5, 5.41) is 9.31. The smallest absolute Gasteiger partial charge is 0.101 e. The van der Waals surface area contributed by atoms with Crippen molar-refractivity contribution in [3.05, 3.63) is 29.3 Å². The van der Waals surface area contributed by atoms with Crippen LogP contribution in [0.1, 0.15) is 38.3 Å². The van der Waals surface area contributed by atoms with Crippen molar-refractivity contribution in [2.45, 2.75) is 34.1 Å². The minimum absolute atomic E-state index is 0.0458. The standard InChI is InChI=1S/C16H25N3/c1-5-9-19(12-16(3,4)11-18)15-13(2)7-6-8-14(15)10-17/h6-8H,5,9,11-12,18H2,1-4H3. The molecule has 0 aliphatic carbocycles. The third-order valence-electron chi connectivity index (χ3n) is 3.34. The van der Waals surface area contributed by atoms with Crippen LogP contribution in [-0.2, 0) is 0 Å². The summed E-state index contributed by atoms with van der Waals surface area (Å²) in [6.45, 7) is 11.0. The Kier molecular flexibility index (Phi) is 5.38. The summed E-state index contributed by atoms with van der Waals surface area (Å²) in [5.74, 6) is 0. The molecule has 1 rings (SSSR count). The summed E-state index contributed by atoms with van der Waals surface area (Å²) >= 11 is 0. The average Bonchev–Trinajstić information content (AvgIpc) is 2.37. The van der Waals surface area contributed by atoms with Gasteiger partial charge in [0.25, 0.3) is 0 Å². The Morgan fingerprint density at radius 3 is 2.58 bits per heavy atom. The van der Waals surface area contributed by atoms with Crippen LogP contribution in [-0.4, -0.2) is 19.6 Å². The van der Waals surface area contributed by atoms with Gasteiger partial charge in [0, 0.05) is 13.1 Å². The highest BCUT2D eigenvalue weighted by atomic mass is 15.1. The zero-order valence-corrected chi connectivity index (χ0v) is 12.5. The molecule has 1 aromatic carbocycles. The van der Waals surface area contributed by atoms with Gasteiger partial charge in [0.2, 0.25) is 0 Å². The predicted octanol–water partition coefficient (Wildman–Crippen LogP) is 3.07. The van der Waals surface area contributed by atoms with E-state index in [4.69, 9.17) is 5.73 Å². The molecule has 0 amide bonds. The summed E-state index contributed by atoms with van der Waals surface area (Å²) in [4.78, 5) is 2.31. The second-order valence-electron chi connectivity index (χ2n) is 5.87. The Morgan fingerprint density at radius 2 is 2.05 bits per heavy atom. The lowest BCUT2D eigenvalue weighted by molar-refractivity contribution is 0.377. The summed E-state index contributed by atoms with van der Waals surface area (Å²) in [7, 11) is 0. The lowest BCUT2D eigenvalue weighted by Crippen LogP contribution is -2.39. The first-order valence-corrected chi connectivity index (χ1v) is 6.90. The van der Waals surface area contributed by atoms with Gasteiger partial charge in [-0.1, -0.05) is 32.9 Å². The Bertz CT molecular complexity index is 458. The molecule has 0 aromatic heterocycles. The monoisotopic (exact) mass is 259 g/mol. The van der Waals surface area contributed by atoms with Gasteiger partial charge in [-0.05, 0) is 36.9 Å². The van der Waals surface area contributed by atoms with Crippen molar-refractivity contribution in [2.24, 2.45) is 11.1 Å². The van der Waals surface area contributed by atoms with E-state index in [2.05, 4.69) is 44.7 Å². The predicted molar refractivity (Wildman–Crippen MR) is 81.2 cm³/mol. The van der Waals surface area contributed by atoms with Crippen LogP contribution >= 0.6 is 0 Å². The first-order valence-electron chi connectivity index (χ1n) is 6.90. The molecule has 0 aliphatic rings. The number of para-hydroxylation sites is 1. The number of benzene rings is 1. The number of anilines is 1. The van der Waals surface area contributed by atoms with Crippen LogP contribution in [0.5, 0.6) is 0 Å². The molecule has 0 bridgehead atoms. The summed E-state index contributed by atoms with van der Waals surface area (Å²) in [5.41, 5.74) is 8.86. The van der Waals surface area contributed by atoms with Crippen molar-refractivity contribution in [3.63, 3.8) is 0 Å². The number of nitriles is 1. The first kappa shape index (κ1) is 15.5. The highest BCUT2D eigenvalue weighted by Crippen LogP contribution is 2.28. The number of hydrogen-bond donors (Lipinski definition) is 1. The molecule has 0 atom stereocenters. The van der Waals surface area contributed by atoms with E-state index in [0.717, 1.165) is 36.3 Å². The molecule has 0 unspecified atom stereocenters. The fourth-order valence-corrected chi connectivity index (χ4v) is 2.29. The number of rotatable bonds is 6. The molecule has 0 saturated carbocycles. The van der Waals surface area contributed by atoms with Crippen LogP contribution in [0.4, 0.5) is 5.69 Å². The lowest BCUT2D eigenvalue weighted by Gasteiger charge is -2.34. The molecule has 0 heterocycles. The number of aryl methyl sites for hydroxylation is 1. The summed E-state index contributed by atoms with van der Waals surface area (Å²) < 4.78 is 0. The van der Waals surface area contributed by atoms with Crippen LogP contribution < -0.4 is 10.6 Å². The minimum Gasteiger partial charge on any atom is -0.370 e. The maximum atomic E-state index is 9.31. The van der Waals surface area contributed by atoms with E-state index in [1.54, 1.807) is 0 Å². The number of nitrogens with two attached hydrogens (primary N) is 1. The fraction of sp³-hybridized carbons (Fsp3) is 0.562. The van der Waals surface area contributed by atoms with Gasteiger partial charge in [-0.15, -0.1) is 0 Å². The number of hydrogen-bond acceptors (Lipinski definition) is 3. The van der Waals surface area contributed by atoms with E-state index in [0.29, 0.717) is 6.54 Å². The highest BCUT2D eigenvalue weighted by Gasteiger charge is 2.22. The third-order valence-corrected chi connectivity index (χ3v) is 3.34. The summed E-state index contributed by atoms with van der Waals surface area (Å²) in [6.07, 6.45) is 1.06. The van der Waals surface area contributed by atoms with Crippen LogP contribution in [0.15, 0.2) is 18.2 Å². The van der Waals surface area contributed by atoms with E-state index < -0.39 is 0 Å². The molecule has 0 aliphatic heterocycles. The Labute approximate surface area is 117 Å². The van der Waals surface area contributed by atoms with Gasteiger partial charge in [0.1, 0.15) is 6.07 Å². The lowest BCUT2D eigenvalue weighted by atomic mass is 9.92. The fourth-order valence-electron chi connectivity index (χ4n) is 2.29. The molecule has 104 valence electrons. The zero-order valence-electron chi connectivity index (χ0n) is 12.5. The molecule has 3 heteroatoms. The molecular weight excluding hydrogens is 234 g/mol. The number of nitrogens with zero attached hydrogens (tertiary/aromatic N) is 2. The van der Waals surface area contributed by atoms with Gasteiger partial charge in [-0.25, -0.2) is 0 Å². The first-order chi connectivity index (χ1) is 8.95. The Balaban J connectivity index is 3.16. The van der Waals surface area contributed by atoms with Crippen molar-refractivity contribution in [3.8, 4) is 6.07 Å². The topological polar surface area (TPSA) is 53.0 Å². The van der Waals surface area contributed by atoms with Crippen molar-refractivity contribution in [1.29, 1.82) is 5.26 Å². The van der Waals surface area contributed by atoms with Crippen molar-refractivity contribution in [1.82, 2.24) is 0 Å². The van der Waals surface area contributed by atoms with E-state index in [1.807, 2.05) is 12.1 Å². The molecule has 0 saturated heterocycles. The molecule has 1 aromatic rings. The highest BCUT2D eigenvalue weighted by molar-refractivity contribution is 5.64. The van der Waals surface area contributed by atoms with E-state index >= 15 is 0 Å². The molecule has 0 spiro atoms. The average molecular weight is 259 g/mol. The van der Waals surface area contributed by atoms with E-state index in [9.17, 15) is 5.26 Å². The zero-order chi connectivity index (χ0) is 14.5. The normalized spacial score (nSPS) is 11.2. The van der Waals surface area contributed by atoms with Crippen molar-refractivity contribution < 1.29 is 0 Å². The van der Waals surface area contributed by atoms with Gasteiger partial charge >= 0.3 is 0 Å². The van der Waals surface area contributed by atoms with Crippen LogP contribution in [0.25, 0.3) is 0 Å². The molecule has 0 fully saturated rings. The Hall–Kier alpha value is -1.53. The van der Waals surface area contributed by atoms with Gasteiger partial charge < -0.3 is 10.6 Å². The van der Waals surface area contributed by atoms with Crippen LogP contribution in [0.3, 0.4) is 0 Å². The maximum absolute atomic E-state index is 9.31. The second-order valence-corrected chi connectivity index (χ2v) is 5.87. The molecule has 19 heavy (non-hydrogen) atoms. The quantitative estimate of drug-likeness (QED) is 0.854. The molecular formula is C16H25N3. The van der Waals surface area contributed by atoms with Crippen LogP contribution in [0.2, 0.25) is 0 Å². The largest absolute Gasteiger partial charge is 0.370 e. The van der Waals surface area contributed by atoms with Gasteiger partial charge in [-0.2, -0.15) is 5.26 Å². The SMILES string of the molecule is CCCN(CC(C)(C)CN)c1c(C)cccc1C#N. The van der Waals surface area contributed by atoms with Crippen LogP contribution in [0, 0.1) is 23.7 Å². The van der Waals surface area contributed by atoms with Crippen molar-refractivity contribution in [2.75, 3.05) is 24.5 Å². The van der Waals surface area contributed by atoms with Gasteiger partial charge in [0.05, 0.1) is 11.3 Å². The van der Waals surface area contributed by atoms with Crippen molar-refractivity contribution >= 4 is 5.69 Å². The Morgan fingerprint density at radius 1 is 1.37 bits per heavy atom. The van der Waals surface area contributed by atoms with E-state index in [-0.39, 0.29) is 5.41 Å². The van der Waals surface area contributed by atoms with Gasteiger partial charge in [0.15, 0.2) is 0 Å². The summed E-state index contributed by atoms with van der Waals surface area (Å²) in [6, 6.07) is 8.20. The third kappa shape index (κ3) is 3.97. The maximum Gasteiger partial charge on any atom is 0.101 e.